The van der Waals surface area contributed by atoms with E-state index in [1.807, 2.05) is 36.1 Å². The molecule has 0 radical (unpaired) electrons. The van der Waals surface area contributed by atoms with Crippen molar-refractivity contribution in [3.8, 4) is 5.75 Å². The summed E-state index contributed by atoms with van der Waals surface area (Å²) in [6.07, 6.45) is 5.56. The maximum atomic E-state index is 13.0. The first-order chi connectivity index (χ1) is 14.7. The second-order valence-electron chi connectivity index (χ2n) is 8.44. The number of para-hydroxylation sites is 2. The van der Waals surface area contributed by atoms with Gasteiger partial charge in [0.05, 0.1) is 12.3 Å². The number of nitrogens with one attached hydrogen (secondary N) is 1. The molecular weight excluding hydrogens is 382 g/mol. The lowest BCUT2D eigenvalue weighted by atomic mass is 9.97. The number of likely N-dealkylation sites (tertiary alicyclic amines) is 1. The second kappa shape index (κ2) is 9.69. The Labute approximate surface area is 178 Å². The molecule has 164 valence electrons. The van der Waals surface area contributed by atoms with Crippen LogP contribution in [-0.2, 0) is 9.53 Å². The molecule has 2 aliphatic heterocycles. The molecule has 7 heteroatoms. The lowest BCUT2D eigenvalue weighted by molar-refractivity contribution is -0.141. The van der Waals surface area contributed by atoms with Gasteiger partial charge in [0, 0.05) is 44.3 Å². The first-order valence-electron chi connectivity index (χ1n) is 11.3. The molecule has 1 aromatic rings. The van der Waals surface area contributed by atoms with Crippen LogP contribution >= 0.6 is 0 Å². The minimum Gasteiger partial charge on any atom is -0.492 e. The van der Waals surface area contributed by atoms with Crippen LogP contribution in [0, 0.1) is 5.92 Å². The van der Waals surface area contributed by atoms with Crippen molar-refractivity contribution in [3.05, 3.63) is 24.3 Å². The van der Waals surface area contributed by atoms with Crippen molar-refractivity contribution >= 4 is 17.6 Å². The molecule has 0 spiro atoms. The molecule has 1 aromatic carbocycles. The zero-order valence-electron chi connectivity index (χ0n) is 17.8. The summed E-state index contributed by atoms with van der Waals surface area (Å²) in [6, 6.07) is 7.91. The van der Waals surface area contributed by atoms with E-state index < -0.39 is 0 Å². The van der Waals surface area contributed by atoms with Gasteiger partial charge >= 0.3 is 6.03 Å². The highest BCUT2D eigenvalue weighted by atomic mass is 16.5. The van der Waals surface area contributed by atoms with E-state index in [4.69, 9.17) is 9.47 Å². The predicted octanol–water partition coefficient (Wildman–Crippen LogP) is 3.50. The number of rotatable bonds is 6. The Morgan fingerprint density at radius 3 is 2.40 bits per heavy atom. The van der Waals surface area contributed by atoms with E-state index >= 15 is 0 Å². The number of amides is 3. The molecule has 3 fully saturated rings. The molecule has 2 heterocycles. The van der Waals surface area contributed by atoms with Gasteiger partial charge in [0.15, 0.2) is 0 Å². The van der Waals surface area contributed by atoms with E-state index in [1.54, 1.807) is 0 Å². The van der Waals surface area contributed by atoms with Crippen molar-refractivity contribution in [3.63, 3.8) is 0 Å². The van der Waals surface area contributed by atoms with Gasteiger partial charge in [-0.25, -0.2) is 4.79 Å². The van der Waals surface area contributed by atoms with Crippen molar-refractivity contribution in [2.45, 2.75) is 57.5 Å². The third kappa shape index (κ3) is 4.89. The van der Waals surface area contributed by atoms with Crippen LogP contribution in [0.1, 0.15) is 45.4 Å². The van der Waals surface area contributed by atoms with Gasteiger partial charge in [-0.3, -0.25) is 4.79 Å². The fourth-order valence-electron chi connectivity index (χ4n) is 4.56. The summed E-state index contributed by atoms with van der Waals surface area (Å²) < 4.78 is 11.1. The van der Waals surface area contributed by atoms with Crippen LogP contribution in [0.3, 0.4) is 0 Å². The van der Waals surface area contributed by atoms with Crippen molar-refractivity contribution in [1.82, 2.24) is 9.80 Å². The van der Waals surface area contributed by atoms with E-state index in [0.29, 0.717) is 37.0 Å². The summed E-state index contributed by atoms with van der Waals surface area (Å²) in [7, 11) is 0. The highest BCUT2D eigenvalue weighted by molar-refractivity contribution is 5.91. The lowest BCUT2D eigenvalue weighted by Gasteiger charge is -2.43. The Morgan fingerprint density at radius 2 is 1.73 bits per heavy atom. The van der Waals surface area contributed by atoms with Crippen LogP contribution < -0.4 is 10.1 Å². The van der Waals surface area contributed by atoms with Crippen molar-refractivity contribution < 1.29 is 19.1 Å². The monoisotopic (exact) mass is 415 g/mol. The van der Waals surface area contributed by atoms with Crippen LogP contribution in [0.5, 0.6) is 5.75 Å². The van der Waals surface area contributed by atoms with Crippen LogP contribution in [-0.4, -0.2) is 66.7 Å². The van der Waals surface area contributed by atoms with Gasteiger partial charge in [-0.15, -0.1) is 0 Å². The Kier molecular flexibility index (Phi) is 6.77. The van der Waals surface area contributed by atoms with E-state index in [9.17, 15) is 9.59 Å². The van der Waals surface area contributed by atoms with E-state index in [0.717, 1.165) is 51.7 Å². The van der Waals surface area contributed by atoms with Gasteiger partial charge in [-0.05, 0) is 57.6 Å². The molecule has 0 aromatic heterocycles. The zero-order chi connectivity index (χ0) is 20.9. The molecule has 0 unspecified atom stereocenters. The number of carbonyl (C=O) groups excluding carboxylic acids is 2. The first-order valence-corrected chi connectivity index (χ1v) is 11.3. The zero-order valence-corrected chi connectivity index (χ0v) is 17.8. The molecule has 0 atom stereocenters. The van der Waals surface area contributed by atoms with Gasteiger partial charge in [0.1, 0.15) is 5.75 Å². The van der Waals surface area contributed by atoms with E-state index in [1.165, 1.54) is 0 Å². The minimum atomic E-state index is -0.105. The van der Waals surface area contributed by atoms with Gasteiger partial charge < -0.3 is 24.6 Å². The number of urea groups is 1. The molecule has 4 rings (SSSR count). The topological polar surface area (TPSA) is 71.1 Å². The summed E-state index contributed by atoms with van der Waals surface area (Å²) in [6.45, 7) is 5.26. The predicted molar refractivity (Wildman–Crippen MR) is 115 cm³/mol. The summed E-state index contributed by atoms with van der Waals surface area (Å²) in [4.78, 5) is 29.9. The number of hydrogen-bond acceptors (Lipinski definition) is 4. The summed E-state index contributed by atoms with van der Waals surface area (Å²) in [5, 5.41) is 2.99. The van der Waals surface area contributed by atoms with Gasteiger partial charge in [0.2, 0.25) is 5.91 Å². The van der Waals surface area contributed by atoms with Gasteiger partial charge in [0.25, 0.3) is 0 Å². The Balaban J connectivity index is 1.36. The van der Waals surface area contributed by atoms with E-state index in [-0.39, 0.29) is 24.0 Å². The average molecular weight is 416 g/mol. The minimum absolute atomic E-state index is 0.105. The van der Waals surface area contributed by atoms with Crippen LogP contribution in [0.4, 0.5) is 10.5 Å². The van der Waals surface area contributed by atoms with Crippen LogP contribution in [0.2, 0.25) is 0 Å². The third-order valence-corrected chi connectivity index (χ3v) is 6.34. The summed E-state index contributed by atoms with van der Waals surface area (Å²) in [5.41, 5.74) is 0.694. The van der Waals surface area contributed by atoms with Crippen molar-refractivity contribution in [2.24, 2.45) is 5.92 Å². The fourth-order valence-corrected chi connectivity index (χ4v) is 4.56. The lowest BCUT2D eigenvalue weighted by Crippen LogP contribution is -2.54. The number of carbonyl (C=O) groups is 2. The molecule has 30 heavy (non-hydrogen) atoms. The van der Waals surface area contributed by atoms with Crippen LogP contribution in [0.15, 0.2) is 24.3 Å². The molecule has 1 saturated carbocycles. The van der Waals surface area contributed by atoms with Crippen LogP contribution in [0.25, 0.3) is 0 Å². The molecule has 1 aliphatic carbocycles. The standard InChI is InChI=1S/C23H33N3O4/c1-2-30-21-6-4-3-5-20(21)24-23(28)25-13-9-18(10-14-25)26(22(27)17-7-8-17)19-11-15-29-16-12-19/h3-6,17-19H,2,7-16H2,1H3,(H,24,28). The highest BCUT2D eigenvalue weighted by Gasteiger charge is 2.41. The van der Waals surface area contributed by atoms with Gasteiger partial charge in [-0.1, -0.05) is 12.1 Å². The number of piperidine rings is 1. The number of benzene rings is 1. The summed E-state index contributed by atoms with van der Waals surface area (Å²) >= 11 is 0. The van der Waals surface area contributed by atoms with E-state index in [2.05, 4.69) is 10.2 Å². The highest BCUT2D eigenvalue weighted by Crippen LogP contribution is 2.35. The second-order valence-corrected chi connectivity index (χ2v) is 8.44. The molecule has 0 bridgehead atoms. The third-order valence-electron chi connectivity index (χ3n) is 6.34. The first kappa shape index (κ1) is 21.0. The maximum absolute atomic E-state index is 13.0. The van der Waals surface area contributed by atoms with Gasteiger partial charge in [-0.2, -0.15) is 0 Å². The number of anilines is 1. The molecule has 3 amide bonds. The number of hydrogen-bond donors (Lipinski definition) is 1. The smallest absolute Gasteiger partial charge is 0.321 e. The Morgan fingerprint density at radius 1 is 1.07 bits per heavy atom. The molecule has 2 saturated heterocycles. The molecular formula is C23H33N3O4. The largest absolute Gasteiger partial charge is 0.492 e. The Hall–Kier alpha value is -2.28. The van der Waals surface area contributed by atoms with Crippen molar-refractivity contribution in [2.75, 3.05) is 38.2 Å². The summed E-state index contributed by atoms with van der Waals surface area (Å²) in [5.74, 6) is 1.24. The molecule has 3 aliphatic rings. The number of nitrogens with zero attached hydrogens (tertiary/aromatic N) is 2. The normalized spacial score (nSPS) is 20.6. The fraction of sp³-hybridized carbons (Fsp3) is 0.652. The SMILES string of the molecule is CCOc1ccccc1NC(=O)N1CCC(N(C(=O)C2CC2)C2CCOCC2)CC1. The average Bonchev–Trinajstić information content (AvgIpc) is 3.62. The molecule has 7 nitrogen and oxygen atoms in total. The van der Waals surface area contributed by atoms with Crippen molar-refractivity contribution in [1.29, 1.82) is 0 Å². The quantitative estimate of drug-likeness (QED) is 0.772. The molecule has 1 N–H and O–H groups in total. The Bertz CT molecular complexity index is 738. The number of ether oxygens (including phenoxy) is 2. The maximum Gasteiger partial charge on any atom is 0.321 e.